The van der Waals surface area contributed by atoms with Crippen LogP contribution in [0.15, 0.2) is 71.6 Å². The number of rotatable bonds is 8. The number of halogens is 2. The zero-order valence-corrected chi connectivity index (χ0v) is 17.9. The summed E-state index contributed by atoms with van der Waals surface area (Å²) in [5.74, 6) is -3.78. The second-order valence-electron chi connectivity index (χ2n) is 6.80. The van der Waals surface area contributed by atoms with Crippen molar-refractivity contribution in [2.75, 3.05) is 6.54 Å². The Labute approximate surface area is 178 Å². The first-order valence-corrected chi connectivity index (χ1v) is 11.6. The number of alkyl halides is 2. The first-order chi connectivity index (χ1) is 14.3. The molecular formula is C22H21F2NO3S2. The summed E-state index contributed by atoms with van der Waals surface area (Å²) < 4.78 is 48.7. The minimum absolute atomic E-state index is 0.254. The van der Waals surface area contributed by atoms with Gasteiger partial charge in [-0.1, -0.05) is 30.3 Å². The molecule has 1 amide bonds. The lowest BCUT2D eigenvalue weighted by molar-refractivity contribution is 0.0746. The molecule has 4 nitrogen and oxygen atoms in total. The van der Waals surface area contributed by atoms with E-state index in [4.69, 9.17) is 0 Å². The highest BCUT2D eigenvalue weighted by atomic mass is 32.2. The van der Waals surface area contributed by atoms with Gasteiger partial charge in [0, 0.05) is 21.9 Å². The Kier molecular flexibility index (Phi) is 6.99. The summed E-state index contributed by atoms with van der Waals surface area (Å²) in [5, 5.41) is 0. The van der Waals surface area contributed by atoms with Crippen molar-refractivity contribution in [2.45, 2.75) is 30.5 Å². The minimum Gasteiger partial charge on any atom is -0.333 e. The molecule has 0 N–H and O–H groups in total. The molecule has 30 heavy (non-hydrogen) atoms. The summed E-state index contributed by atoms with van der Waals surface area (Å²) >= 11 is 1.60. The number of nitrogens with zero attached hydrogens (tertiary/aromatic N) is 1. The van der Waals surface area contributed by atoms with Crippen LogP contribution in [-0.2, 0) is 22.8 Å². The highest BCUT2D eigenvalue weighted by molar-refractivity contribution is 7.91. The van der Waals surface area contributed by atoms with E-state index in [1.807, 2.05) is 49.4 Å². The topological polar surface area (TPSA) is 54.5 Å². The fraction of sp³-hybridized carbons (Fsp3) is 0.227. The van der Waals surface area contributed by atoms with Gasteiger partial charge in [0.05, 0.1) is 11.4 Å². The molecule has 0 aliphatic heterocycles. The van der Waals surface area contributed by atoms with E-state index in [9.17, 15) is 22.0 Å². The van der Waals surface area contributed by atoms with Gasteiger partial charge in [0.25, 0.3) is 5.91 Å². The summed E-state index contributed by atoms with van der Waals surface area (Å²) in [5.41, 5.74) is 1.35. The number of benzene rings is 2. The Hall–Kier alpha value is -2.58. The molecule has 0 aliphatic carbocycles. The highest BCUT2D eigenvalue weighted by Crippen LogP contribution is 2.21. The smallest absolute Gasteiger partial charge is 0.333 e. The molecule has 1 heterocycles. The van der Waals surface area contributed by atoms with Crippen molar-refractivity contribution in [1.29, 1.82) is 0 Å². The molecule has 0 aliphatic rings. The average Bonchev–Trinajstić information content (AvgIpc) is 3.16. The maximum atomic E-state index is 13.1. The van der Waals surface area contributed by atoms with E-state index in [1.165, 1.54) is 12.1 Å². The van der Waals surface area contributed by atoms with E-state index < -0.39 is 20.5 Å². The number of hydrogen-bond donors (Lipinski definition) is 0. The number of amides is 1. The van der Waals surface area contributed by atoms with Gasteiger partial charge in [-0.05, 0) is 55.3 Å². The van der Waals surface area contributed by atoms with Crippen LogP contribution in [0, 0.1) is 6.92 Å². The van der Waals surface area contributed by atoms with Crippen LogP contribution in [0.4, 0.5) is 8.78 Å². The standard InChI is InChI=1S/C22H21F2NO3S2/c1-16-7-10-19(29-16)15-25(14-13-17-5-3-2-4-6-17)21(26)18-8-11-20(12-9-18)30(27,28)22(23)24/h2-12,22H,13-15H2,1H3. The fourth-order valence-corrected chi connectivity index (χ4v) is 4.62. The molecule has 3 rings (SSSR count). The Bertz CT molecular complexity index is 1090. The monoisotopic (exact) mass is 449 g/mol. The summed E-state index contributed by atoms with van der Waals surface area (Å²) in [6, 6.07) is 18.4. The lowest BCUT2D eigenvalue weighted by Gasteiger charge is -2.22. The van der Waals surface area contributed by atoms with Crippen molar-refractivity contribution in [2.24, 2.45) is 0 Å². The van der Waals surface area contributed by atoms with Crippen molar-refractivity contribution in [1.82, 2.24) is 4.90 Å². The van der Waals surface area contributed by atoms with Crippen LogP contribution in [0.1, 0.15) is 25.7 Å². The van der Waals surface area contributed by atoms with Crippen LogP contribution in [0.2, 0.25) is 0 Å². The van der Waals surface area contributed by atoms with Gasteiger partial charge in [-0.15, -0.1) is 11.3 Å². The summed E-state index contributed by atoms with van der Waals surface area (Å²) in [6.45, 7) is 2.88. The van der Waals surface area contributed by atoms with E-state index in [0.717, 1.165) is 27.5 Å². The largest absolute Gasteiger partial charge is 0.341 e. The Morgan fingerprint density at radius 3 is 2.23 bits per heavy atom. The zero-order chi connectivity index (χ0) is 21.7. The quantitative estimate of drug-likeness (QED) is 0.490. The lowest BCUT2D eigenvalue weighted by atomic mass is 10.1. The molecule has 158 valence electrons. The predicted molar refractivity (Wildman–Crippen MR) is 114 cm³/mol. The summed E-state index contributed by atoms with van der Waals surface area (Å²) in [7, 11) is -4.69. The van der Waals surface area contributed by atoms with Gasteiger partial charge in [-0.3, -0.25) is 4.79 Å². The van der Waals surface area contributed by atoms with Gasteiger partial charge in [-0.25, -0.2) is 8.42 Å². The van der Waals surface area contributed by atoms with E-state index in [2.05, 4.69) is 0 Å². The van der Waals surface area contributed by atoms with Gasteiger partial charge in [0.15, 0.2) is 0 Å². The highest BCUT2D eigenvalue weighted by Gasteiger charge is 2.27. The third kappa shape index (κ3) is 5.31. The van der Waals surface area contributed by atoms with Crippen LogP contribution < -0.4 is 0 Å². The molecule has 0 bridgehead atoms. The molecule has 1 aromatic heterocycles. The molecule has 0 radical (unpaired) electrons. The number of thiophene rings is 1. The molecule has 0 saturated heterocycles. The van der Waals surface area contributed by atoms with E-state index in [1.54, 1.807) is 16.2 Å². The van der Waals surface area contributed by atoms with Crippen molar-refractivity contribution in [3.63, 3.8) is 0 Å². The maximum absolute atomic E-state index is 13.1. The number of sulfone groups is 1. The van der Waals surface area contributed by atoms with Crippen molar-refractivity contribution >= 4 is 27.1 Å². The van der Waals surface area contributed by atoms with Crippen LogP contribution in [0.5, 0.6) is 0 Å². The third-order valence-corrected chi connectivity index (χ3v) is 6.99. The molecule has 8 heteroatoms. The van der Waals surface area contributed by atoms with Crippen molar-refractivity contribution in [3.8, 4) is 0 Å². The SMILES string of the molecule is Cc1ccc(CN(CCc2ccccc2)C(=O)c2ccc(S(=O)(=O)C(F)F)cc2)s1. The zero-order valence-electron chi connectivity index (χ0n) is 16.3. The summed E-state index contributed by atoms with van der Waals surface area (Å²) in [6.07, 6.45) is 0.661. The Balaban J connectivity index is 1.81. The van der Waals surface area contributed by atoms with Gasteiger partial charge >= 0.3 is 5.76 Å². The van der Waals surface area contributed by atoms with Crippen LogP contribution in [0.3, 0.4) is 0 Å². The molecule has 0 atom stereocenters. The number of carbonyl (C=O) groups is 1. The van der Waals surface area contributed by atoms with Crippen LogP contribution in [0.25, 0.3) is 0 Å². The van der Waals surface area contributed by atoms with E-state index in [0.29, 0.717) is 19.5 Å². The minimum atomic E-state index is -4.69. The number of carbonyl (C=O) groups excluding carboxylic acids is 1. The lowest BCUT2D eigenvalue weighted by Crippen LogP contribution is -2.32. The average molecular weight is 450 g/mol. The van der Waals surface area contributed by atoms with Crippen LogP contribution >= 0.6 is 11.3 Å². The number of aryl methyl sites for hydroxylation is 1. The normalized spacial score (nSPS) is 11.6. The van der Waals surface area contributed by atoms with Crippen molar-refractivity contribution in [3.05, 3.63) is 87.6 Å². The van der Waals surface area contributed by atoms with Crippen LogP contribution in [-0.4, -0.2) is 31.5 Å². The van der Waals surface area contributed by atoms with Gasteiger partial charge in [0.1, 0.15) is 0 Å². The molecule has 2 aromatic carbocycles. The fourth-order valence-electron chi connectivity index (χ4n) is 2.99. The van der Waals surface area contributed by atoms with Gasteiger partial charge < -0.3 is 4.90 Å². The predicted octanol–water partition coefficient (Wildman–Crippen LogP) is 4.94. The summed E-state index contributed by atoms with van der Waals surface area (Å²) in [4.78, 5) is 16.5. The van der Waals surface area contributed by atoms with Gasteiger partial charge in [0.2, 0.25) is 9.84 Å². The van der Waals surface area contributed by atoms with Crippen molar-refractivity contribution < 1.29 is 22.0 Å². The molecule has 0 fully saturated rings. The maximum Gasteiger partial charge on any atom is 0.341 e. The second-order valence-corrected chi connectivity index (χ2v) is 10.1. The van der Waals surface area contributed by atoms with E-state index >= 15 is 0 Å². The first-order valence-electron chi connectivity index (χ1n) is 9.28. The molecule has 0 unspecified atom stereocenters. The first kappa shape index (κ1) is 22.1. The molecule has 0 saturated carbocycles. The second kappa shape index (κ2) is 9.49. The van der Waals surface area contributed by atoms with Gasteiger partial charge in [-0.2, -0.15) is 8.78 Å². The molecule has 3 aromatic rings. The number of hydrogen-bond acceptors (Lipinski definition) is 4. The van der Waals surface area contributed by atoms with E-state index in [-0.39, 0.29) is 11.5 Å². The molecule has 0 spiro atoms. The molecular weight excluding hydrogens is 428 g/mol. The Morgan fingerprint density at radius 2 is 1.67 bits per heavy atom. The third-order valence-electron chi connectivity index (χ3n) is 4.61. The Morgan fingerprint density at radius 1 is 1.00 bits per heavy atom.